The second-order valence-electron chi connectivity index (χ2n) is 3.70. The van der Waals surface area contributed by atoms with E-state index in [0.29, 0.717) is 0 Å². The van der Waals surface area contributed by atoms with Crippen molar-refractivity contribution in [2.24, 2.45) is 0 Å². The summed E-state index contributed by atoms with van der Waals surface area (Å²) in [4.78, 5) is 2.83. The highest BCUT2D eigenvalue weighted by Gasteiger charge is 2.30. The topological polar surface area (TPSA) is 0 Å². The Morgan fingerprint density at radius 1 is 0.611 bits per heavy atom. The molecule has 0 amide bonds. The Bertz CT molecular complexity index is 527. The zero-order valence-corrected chi connectivity index (χ0v) is 14.1. The SMILES string of the molecule is c1ccc2c(c1)SC(=C1SC3=C(SCCS3)S1)S2. The lowest BCUT2D eigenvalue weighted by molar-refractivity contribution is 1.27. The number of thioether (sulfide) groups is 6. The summed E-state index contributed by atoms with van der Waals surface area (Å²) in [6, 6.07) is 8.71. The minimum absolute atomic E-state index is 1.26. The van der Waals surface area contributed by atoms with E-state index >= 15 is 0 Å². The van der Waals surface area contributed by atoms with Gasteiger partial charge in [0.1, 0.15) is 0 Å². The van der Waals surface area contributed by atoms with Crippen LogP contribution < -0.4 is 0 Å². The third-order valence-corrected chi connectivity index (χ3v) is 11.4. The summed E-state index contributed by atoms with van der Waals surface area (Å²) in [5.74, 6) is 2.53. The average molecular weight is 345 g/mol. The quantitative estimate of drug-likeness (QED) is 0.554. The van der Waals surface area contributed by atoms with Gasteiger partial charge in [-0.25, -0.2) is 0 Å². The molecule has 0 saturated heterocycles. The Morgan fingerprint density at radius 2 is 1.11 bits per heavy atom. The lowest BCUT2D eigenvalue weighted by Gasteiger charge is -2.08. The first-order chi connectivity index (χ1) is 8.90. The summed E-state index contributed by atoms with van der Waals surface area (Å²) in [6.07, 6.45) is 0. The van der Waals surface area contributed by atoms with Gasteiger partial charge in [-0.1, -0.05) is 59.2 Å². The number of benzene rings is 1. The first-order valence-corrected chi connectivity index (χ1v) is 10.7. The number of hydrogen-bond donors (Lipinski definition) is 0. The summed E-state index contributed by atoms with van der Waals surface area (Å²) in [7, 11) is 0. The Morgan fingerprint density at radius 3 is 1.67 bits per heavy atom. The van der Waals surface area contributed by atoms with Crippen molar-refractivity contribution < 1.29 is 0 Å². The molecular formula is C12H8S6. The molecule has 0 aromatic heterocycles. The van der Waals surface area contributed by atoms with Gasteiger partial charge >= 0.3 is 0 Å². The fourth-order valence-electron chi connectivity index (χ4n) is 1.72. The van der Waals surface area contributed by atoms with Crippen molar-refractivity contribution in [1.82, 2.24) is 0 Å². The zero-order chi connectivity index (χ0) is 11.9. The summed E-state index contributed by atoms with van der Waals surface area (Å²) in [5, 5.41) is 0. The van der Waals surface area contributed by atoms with Crippen LogP contribution in [-0.4, -0.2) is 11.5 Å². The third-order valence-electron chi connectivity index (χ3n) is 2.51. The minimum atomic E-state index is 1.26. The highest BCUT2D eigenvalue weighted by Crippen LogP contribution is 2.65. The van der Waals surface area contributed by atoms with Gasteiger partial charge in [0.05, 0.1) is 16.9 Å². The fraction of sp³-hybridized carbons (Fsp3) is 0.167. The van der Waals surface area contributed by atoms with Crippen LogP contribution in [0, 0.1) is 0 Å². The second-order valence-corrected chi connectivity index (χ2v) is 11.1. The van der Waals surface area contributed by atoms with Crippen molar-refractivity contribution in [2.75, 3.05) is 11.5 Å². The van der Waals surface area contributed by atoms with E-state index in [4.69, 9.17) is 0 Å². The highest BCUT2D eigenvalue weighted by atomic mass is 32.3. The lowest BCUT2D eigenvalue weighted by atomic mass is 10.4. The largest absolute Gasteiger partial charge is 0.116 e. The predicted molar refractivity (Wildman–Crippen MR) is 92.3 cm³/mol. The van der Waals surface area contributed by atoms with Gasteiger partial charge in [0, 0.05) is 21.3 Å². The smallest absolute Gasteiger partial charge is 0.0717 e. The molecule has 18 heavy (non-hydrogen) atoms. The van der Waals surface area contributed by atoms with Gasteiger partial charge in [-0.3, -0.25) is 0 Å². The van der Waals surface area contributed by atoms with Crippen LogP contribution in [0.4, 0.5) is 0 Å². The molecule has 0 nitrogen and oxygen atoms in total. The molecule has 0 radical (unpaired) electrons. The van der Waals surface area contributed by atoms with Crippen molar-refractivity contribution in [1.29, 1.82) is 0 Å². The maximum Gasteiger partial charge on any atom is 0.0717 e. The van der Waals surface area contributed by atoms with Crippen LogP contribution in [0.15, 0.2) is 51.0 Å². The normalized spacial score (nSPS) is 22.4. The van der Waals surface area contributed by atoms with Gasteiger partial charge in [0.25, 0.3) is 0 Å². The molecule has 6 heteroatoms. The monoisotopic (exact) mass is 344 g/mol. The number of hydrogen-bond acceptors (Lipinski definition) is 6. The Hall–Kier alpha value is 0.800. The van der Waals surface area contributed by atoms with E-state index in [1.54, 1.807) is 0 Å². The second kappa shape index (κ2) is 5.30. The van der Waals surface area contributed by atoms with Crippen LogP contribution in [0.3, 0.4) is 0 Å². The van der Waals surface area contributed by atoms with Crippen LogP contribution in [0.1, 0.15) is 0 Å². The highest BCUT2D eigenvalue weighted by molar-refractivity contribution is 8.42. The molecule has 92 valence electrons. The molecule has 0 aliphatic carbocycles. The fourth-order valence-corrected chi connectivity index (χ4v) is 10.5. The molecule has 4 rings (SSSR count). The van der Waals surface area contributed by atoms with Crippen molar-refractivity contribution in [3.05, 3.63) is 41.2 Å². The zero-order valence-electron chi connectivity index (χ0n) is 9.17. The van der Waals surface area contributed by atoms with Crippen molar-refractivity contribution >= 4 is 70.6 Å². The maximum atomic E-state index is 2.22. The summed E-state index contributed by atoms with van der Waals surface area (Å²) in [6.45, 7) is 0. The molecule has 3 aliphatic rings. The molecule has 0 saturated carbocycles. The van der Waals surface area contributed by atoms with E-state index in [9.17, 15) is 0 Å². The standard InChI is InChI=1S/C12H8S6/c1-2-4-8-7(3-1)15-11(16-8)12-17-9-10(18-12)14-6-5-13-9/h1-4H,5-6H2. The minimum Gasteiger partial charge on any atom is -0.116 e. The molecule has 3 aliphatic heterocycles. The van der Waals surface area contributed by atoms with Crippen LogP contribution in [0.5, 0.6) is 0 Å². The molecule has 3 heterocycles. The van der Waals surface area contributed by atoms with E-state index < -0.39 is 0 Å². The summed E-state index contributed by atoms with van der Waals surface area (Å²) in [5.41, 5.74) is 0. The molecule has 0 N–H and O–H groups in total. The Balaban J connectivity index is 1.62. The van der Waals surface area contributed by atoms with Gasteiger partial charge in [-0.2, -0.15) is 0 Å². The van der Waals surface area contributed by atoms with Crippen molar-refractivity contribution in [2.45, 2.75) is 9.79 Å². The summed E-state index contributed by atoms with van der Waals surface area (Å²) < 4.78 is 6.04. The average Bonchev–Trinajstić information content (AvgIpc) is 3.02. The van der Waals surface area contributed by atoms with Crippen molar-refractivity contribution in [3.63, 3.8) is 0 Å². The lowest BCUT2D eigenvalue weighted by Crippen LogP contribution is -1.88. The van der Waals surface area contributed by atoms with E-state index in [1.807, 2.05) is 70.6 Å². The van der Waals surface area contributed by atoms with Gasteiger partial charge in [0.2, 0.25) is 0 Å². The number of fused-ring (bicyclic) bond motifs is 1. The molecule has 0 spiro atoms. The predicted octanol–water partition coefficient (Wildman–Crippen LogP) is 6.10. The molecule has 1 aromatic carbocycles. The summed E-state index contributed by atoms with van der Waals surface area (Å²) >= 11 is 11.9. The van der Waals surface area contributed by atoms with E-state index in [-0.39, 0.29) is 0 Å². The first-order valence-electron chi connectivity index (χ1n) is 5.45. The van der Waals surface area contributed by atoms with E-state index in [2.05, 4.69) is 24.3 Å². The van der Waals surface area contributed by atoms with Crippen LogP contribution in [-0.2, 0) is 0 Å². The van der Waals surface area contributed by atoms with E-state index in [0.717, 1.165) is 0 Å². The van der Waals surface area contributed by atoms with Crippen LogP contribution in [0.2, 0.25) is 0 Å². The molecule has 0 fully saturated rings. The molecule has 1 aromatic rings. The third kappa shape index (κ3) is 2.29. The van der Waals surface area contributed by atoms with Crippen LogP contribution in [0.25, 0.3) is 0 Å². The Kier molecular flexibility index (Phi) is 3.69. The molecule has 0 bridgehead atoms. The maximum absolute atomic E-state index is 2.22. The first kappa shape index (κ1) is 12.5. The van der Waals surface area contributed by atoms with Gasteiger partial charge in [0.15, 0.2) is 0 Å². The molecular weight excluding hydrogens is 337 g/mol. The molecule has 0 unspecified atom stereocenters. The van der Waals surface area contributed by atoms with E-state index in [1.165, 1.54) is 38.2 Å². The molecule has 0 atom stereocenters. The van der Waals surface area contributed by atoms with Crippen molar-refractivity contribution in [3.8, 4) is 0 Å². The number of rotatable bonds is 0. The van der Waals surface area contributed by atoms with Gasteiger partial charge < -0.3 is 0 Å². The van der Waals surface area contributed by atoms with Crippen LogP contribution >= 0.6 is 70.6 Å². The van der Waals surface area contributed by atoms with Gasteiger partial charge in [-0.15, -0.1) is 23.5 Å². The Labute approximate surface area is 132 Å². The van der Waals surface area contributed by atoms with Gasteiger partial charge in [-0.05, 0) is 12.1 Å².